The van der Waals surface area contributed by atoms with Crippen molar-refractivity contribution in [1.82, 2.24) is 14.8 Å². The largest absolute Gasteiger partial charge is 0.465 e. The molecule has 6 heteroatoms. The summed E-state index contributed by atoms with van der Waals surface area (Å²) in [6.45, 7) is 5.16. The zero-order chi connectivity index (χ0) is 11.5. The number of amides is 1. The fraction of sp³-hybridized carbons (Fsp3) is 0.600. The van der Waals surface area contributed by atoms with Crippen LogP contribution in [0.15, 0.2) is 10.7 Å². The summed E-state index contributed by atoms with van der Waals surface area (Å²) in [5.74, 6) is 0.666. The third-order valence-electron chi connectivity index (χ3n) is 2.69. The van der Waals surface area contributed by atoms with Gasteiger partial charge >= 0.3 is 6.09 Å². The van der Waals surface area contributed by atoms with Crippen molar-refractivity contribution >= 4 is 6.09 Å². The summed E-state index contributed by atoms with van der Waals surface area (Å²) in [4.78, 5) is 18.5. The van der Waals surface area contributed by atoms with Crippen LogP contribution in [0, 0.1) is 6.92 Å². The van der Waals surface area contributed by atoms with Gasteiger partial charge < -0.3 is 14.4 Å². The molecule has 1 amide bonds. The molecule has 2 rings (SSSR count). The van der Waals surface area contributed by atoms with Crippen molar-refractivity contribution in [1.29, 1.82) is 0 Å². The molecule has 1 aliphatic rings. The van der Waals surface area contributed by atoms with Crippen molar-refractivity contribution in [3.05, 3.63) is 17.8 Å². The number of oxazole rings is 1. The Labute approximate surface area is 93.5 Å². The number of piperazine rings is 1. The molecule has 0 atom stereocenters. The molecule has 88 valence electrons. The number of hydrogen-bond acceptors (Lipinski definition) is 4. The van der Waals surface area contributed by atoms with Gasteiger partial charge in [0, 0.05) is 39.6 Å². The summed E-state index contributed by atoms with van der Waals surface area (Å²) in [6, 6.07) is 0. The van der Waals surface area contributed by atoms with Gasteiger partial charge in [-0.05, 0) is 0 Å². The zero-order valence-electron chi connectivity index (χ0n) is 9.22. The fourth-order valence-electron chi connectivity index (χ4n) is 1.81. The summed E-state index contributed by atoms with van der Waals surface area (Å²) < 4.78 is 5.12. The van der Waals surface area contributed by atoms with Crippen LogP contribution in [-0.2, 0) is 6.54 Å². The van der Waals surface area contributed by atoms with Crippen LogP contribution in [-0.4, -0.2) is 52.2 Å². The number of carbonyl (C=O) groups is 1. The van der Waals surface area contributed by atoms with E-state index in [0.717, 1.165) is 25.3 Å². The quantitative estimate of drug-likeness (QED) is 0.805. The number of carboxylic acid groups (broad SMARTS) is 1. The maximum Gasteiger partial charge on any atom is 0.407 e. The molecule has 2 heterocycles. The van der Waals surface area contributed by atoms with Gasteiger partial charge in [0.2, 0.25) is 0 Å². The number of hydrogen-bond donors (Lipinski definition) is 1. The molecule has 0 aromatic carbocycles. The highest BCUT2D eigenvalue weighted by Gasteiger charge is 2.20. The summed E-state index contributed by atoms with van der Waals surface area (Å²) in [7, 11) is 0. The van der Waals surface area contributed by atoms with E-state index >= 15 is 0 Å². The third-order valence-corrected chi connectivity index (χ3v) is 2.69. The molecule has 6 nitrogen and oxygen atoms in total. The van der Waals surface area contributed by atoms with E-state index in [-0.39, 0.29) is 0 Å². The maximum atomic E-state index is 10.7. The first-order valence-electron chi connectivity index (χ1n) is 5.26. The van der Waals surface area contributed by atoms with Crippen LogP contribution in [0.3, 0.4) is 0 Å². The van der Waals surface area contributed by atoms with Crippen molar-refractivity contribution in [3.63, 3.8) is 0 Å². The summed E-state index contributed by atoms with van der Waals surface area (Å²) in [5, 5.41) is 8.80. The third kappa shape index (κ3) is 2.52. The van der Waals surface area contributed by atoms with Crippen LogP contribution in [0.5, 0.6) is 0 Å². The Kier molecular flexibility index (Phi) is 3.09. The van der Waals surface area contributed by atoms with Crippen LogP contribution in [0.4, 0.5) is 4.79 Å². The smallest absolute Gasteiger partial charge is 0.407 e. The Bertz CT molecular complexity index is 369. The molecule has 1 aromatic rings. The summed E-state index contributed by atoms with van der Waals surface area (Å²) >= 11 is 0. The lowest BCUT2D eigenvalue weighted by Gasteiger charge is -2.32. The van der Waals surface area contributed by atoms with E-state index < -0.39 is 6.09 Å². The normalized spacial score (nSPS) is 17.7. The minimum absolute atomic E-state index is 0.562. The number of aromatic nitrogens is 1. The Morgan fingerprint density at radius 2 is 2.19 bits per heavy atom. The van der Waals surface area contributed by atoms with Gasteiger partial charge in [0.1, 0.15) is 6.26 Å². The van der Waals surface area contributed by atoms with Gasteiger partial charge in [0.15, 0.2) is 5.89 Å². The average molecular weight is 225 g/mol. The van der Waals surface area contributed by atoms with Gasteiger partial charge in [-0.15, -0.1) is 0 Å². The molecule has 0 radical (unpaired) electrons. The van der Waals surface area contributed by atoms with Crippen molar-refractivity contribution in [2.75, 3.05) is 26.2 Å². The average Bonchev–Trinajstić information content (AvgIpc) is 2.65. The topological polar surface area (TPSA) is 69.8 Å². The number of nitrogens with zero attached hydrogens (tertiary/aromatic N) is 3. The highest BCUT2D eigenvalue weighted by atomic mass is 16.4. The van der Waals surface area contributed by atoms with Gasteiger partial charge in [-0.25, -0.2) is 9.78 Å². The van der Waals surface area contributed by atoms with Crippen LogP contribution >= 0.6 is 0 Å². The Morgan fingerprint density at radius 1 is 1.50 bits per heavy atom. The Balaban J connectivity index is 1.83. The zero-order valence-corrected chi connectivity index (χ0v) is 9.22. The lowest BCUT2D eigenvalue weighted by molar-refractivity contribution is 0.102. The minimum atomic E-state index is -0.836. The van der Waals surface area contributed by atoms with Gasteiger partial charge in [-0.1, -0.05) is 0 Å². The van der Waals surface area contributed by atoms with Gasteiger partial charge in [0.25, 0.3) is 0 Å². The van der Waals surface area contributed by atoms with Gasteiger partial charge in [0.05, 0.1) is 5.69 Å². The second kappa shape index (κ2) is 4.52. The minimum Gasteiger partial charge on any atom is -0.465 e. The van der Waals surface area contributed by atoms with Crippen LogP contribution in [0.25, 0.3) is 0 Å². The van der Waals surface area contributed by atoms with E-state index in [1.807, 2.05) is 6.92 Å². The van der Waals surface area contributed by atoms with Crippen LogP contribution in [0.1, 0.15) is 11.6 Å². The van der Waals surface area contributed by atoms with Crippen molar-refractivity contribution < 1.29 is 14.3 Å². The van der Waals surface area contributed by atoms with E-state index in [1.165, 1.54) is 4.90 Å². The second-order valence-electron chi connectivity index (χ2n) is 3.90. The molecule has 1 fully saturated rings. The molecule has 1 aliphatic heterocycles. The molecular formula is C10H15N3O3. The highest BCUT2D eigenvalue weighted by molar-refractivity contribution is 5.65. The Hall–Kier alpha value is -1.56. The molecule has 0 bridgehead atoms. The monoisotopic (exact) mass is 225 g/mol. The van der Waals surface area contributed by atoms with Gasteiger partial charge in [-0.2, -0.15) is 0 Å². The summed E-state index contributed by atoms with van der Waals surface area (Å²) in [5.41, 5.74) is 0.904. The van der Waals surface area contributed by atoms with Crippen molar-refractivity contribution in [2.24, 2.45) is 0 Å². The van der Waals surface area contributed by atoms with Gasteiger partial charge in [-0.3, -0.25) is 4.90 Å². The first kappa shape index (κ1) is 10.9. The number of aryl methyl sites for hydroxylation is 1. The maximum absolute atomic E-state index is 10.7. The standard InChI is InChI=1S/C10H15N3O3/c1-8-11-9(7-16-8)6-12-2-4-13(5-3-12)10(14)15/h7H,2-6H2,1H3,(H,14,15). The summed E-state index contributed by atoms with van der Waals surface area (Å²) in [6.07, 6.45) is 0.816. The van der Waals surface area contributed by atoms with Crippen molar-refractivity contribution in [3.8, 4) is 0 Å². The van der Waals surface area contributed by atoms with Crippen molar-refractivity contribution in [2.45, 2.75) is 13.5 Å². The first-order valence-corrected chi connectivity index (χ1v) is 5.26. The SMILES string of the molecule is Cc1nc(CN2CCN(C(=O)O)CC2)co1. The molecule has 1 saturated heterocycles. The van der Waals surface area contributed by atoms with E-state index in [2.05, 4.69) is 9.88 Å². The molecule has 16 heavy (non-hydrogen) atoms. The molecule has 0 aliphatic carbocycles. The van der Waals surface area contributed by atoms with E-state index in [1.54, 1.807) is 6.26 Å². The first-order chi connectivity index (χ1) is 7.65. The fourth-order valence-corrected chi connectivity index (χ4v) is 1.81. The molecule has 0 spiro atoms. The molecule has 1 aromatic heterocycles. The van der Waals surface area contributed by atoms with E-state index in [4.69, 9.17) is 9.52 Å². The lowest BCUT2D eigenvalue weighted by atomic mass is 10.3. The molecule has 0 unspecified atom stereocenters. The second-order valence-corrected chi connectivity index (χ2v) is 3.90. The lowest BCUT2D eigenvalue weighted by Crippen LogP contribution is -2.47. The number of rotatable bonds is 2. The van der Waals surface area contributed by atoms with E-state index in [0.29, 0.717) is 19.0 Å². The van der Waals surface area contributed by atoms with E-state index in [9.17, 15) is 4.79 Å². The van der Waals surface area contributed by atoms with Crippen LogP contribution in [0.2, 0.25) is 0 Å². The molecule has 1 N–H and O–H groups in total. The molecule has 0 saturated carbocycles. The highest BCUT2D eigenvalue weighted by Crippen LogP contribution is 2.08. The van der Waals surface area contributed by atoms with Crippen LogP contribution < -0.4 is 0 Å². The molecular weight excluding hydrogens is 210 g/mol. The predicted molar refractivity (Wildman–Crippen MR) is 56.1 cm³/mol. The predicted octanol–water partition coefficient (Wildman–Crippen LogP) is 0.779. The Morgan fingerprint density at radius 3 is 2.69 bits per heavy atom.